The highest BCUT2D eigenvalue weighted by molar-refractivity contribution is 6.04. The second-order valence-corrected chi connectivity index (χ2v) is 7.09. The third-order valence-corrected chi connectivity index (χ3v) is 5.01. The number of amides is 1. The quantitative estimate of drug-likeness (QED) is 0.464. The summed E-state index contributed by atoms with van der Waals surface area (Å²) in [6, 6.07) is 22.5. The molecule has 0 saturated carbocycles. The van der Waals surface area contributed by atoms with Crippen molar-refractivity contribution in [1.29, 1.82) is 0 Å². The summed E-state index contributed by atoms with van der Waals surface area (Å²) >= 11 is 0. The van der Waals surface area contributed by atoms with E-state index in [-0.39, 0.29) is 5.69 Å². The number of H-pyrrole nitrogens is 1. The third kappa shape index (κ3) is 3.50. The molecule has 32 heavy (non-hydrogen) atoms. The van der Waals surface area contributed by atoms with Gasteiger partial charge in [-0.2, -0.15) is 0 Å². The van der Waals surface area contributed by atoms with Gasteiger partial charge in [-0.15, -0.1) is 0 Å². The minimum absolute atomic E-state index is 0.128. The maximum absolute atomic E-state index is 12.9. The highest BCUT2D eigenvalue weighted by Crippen LogP contribution is 2.27. The molecule has 0 bridgehead atoms. The summed E-state index contributed by atoms with van der Waals surface area (Å²) in [7, 11) is 0. The fourth-order valence-corrected chi connectivity index (χ4v) is 3.51. The van der Waals surface area contributed by atoms with Crippen LogP contribution in [0.25, 0.3) is 22.6 Å². The number of hydrogen-bond donors (Lipinski definition) is 2. The number of carbonyl (C=O) groups excluding carboxylic acids is 1. The van der Waals surface area contributed by atoms with Crippen LogP contribution < -0.4 is 16.6 Å². The van der Waals surface area contributed by atoms with Gasteiger partial charge >= 0.3 is 5.69 Å². The Balaban J connectivity index is 1.49. The Morgan fingerprint density at radius 1 is 0.906 bits per heavy atom. The minimum atomic E-state index is -0.692. The lowest BCUT2D eigenvalue weighted by Crippen LogP contribution is -2.35. The molecule has 3 aromatic heterocycles. The number of para-hydroxylation sites is 2. The van der Waals surface area contributed by atoms with Crippen molar-refractivity contribution in [1.82, 2.24) is 18.9 Å². The summed E-state index contributed by atoms with van der Waals surface area (Å²) in [5.74, 6) is -0.601. The predicted octanol–water partition coefficient (Wildman–Crippen LogP) is 3.09. The lowest BCUT2D eigenvalue weighted by Gasteiger charge is -2.10. The molecule has 0 aliphatic rings. The van der Waals surface area contributed by atoms with Crippen LogP contribution in [0.15, 0.2) is 101 Å². The van der Waals surface area contributed by atoms with E-state index in [1.165, 1.54) is 0 Å². The van der Waals surface area contributed by atoms with Crippen molar-refractivity contribution in [2.75, 3.05) is 5.32 Å². The molecule has 156 valence electrons. The monoisotopic (exact) mass is 423 g/mol. The van der Waals surface area contributed by atoms with E-state index in [0.717, 1.165) is 16.3 Å². The summed E-state index contributed by atoms with van der Waals surface area (Å²) < 4.78 is 2.86. The first-order valence-electron chi connectivity index (χ1n) is 9.86. The Hall–Kier alpha value is -4.72. The van der Waals surface area contributed by atoms with E-state index in [0.29, 0.717) is 22.6 Å². The van der Waals surface area contributed by atoms with Gasteiger partial charge in [0.1, 0.15) is 11.3 Å². The van der Waals surface area contributed by atoms with Gasteiger partial charge in [0.15, 0.2) is 0 Å². The molecule has 8 heteroatoms. The smallest absolute Gasteiger partial charge is 0.320 e. The molecule has 0 radical (unpaired) electrons. The predicted molar refractivity (Wildman–Crippen MR) is 121 cm³/mol. The molecule has 5 rings (SSSR count). The first-order valence-corrected chi connectivity index (χ1v) is 9.86. The van der Waals surface area contributed by atoms with Gasteiger partial charge in [-0.25, -0.2) is 14.3 Å². The van der Waals surface area contributed by atoms with Gasteiger partial charge in [0.25, 0.3) is 11.5 Å². The Kier molecular flexibility index (Phi) is 4.72. The Labute approximate surface area is 181 Å². The summed E-state index contributed by atoms with van der Waals surface area (Å²) in [5, 5.41) is 2.78. The van der Waals surface area contributed by atoms with Crippen LogP contribution >= 0.6 is 0 Å². The van der Waals surface area contributed by atoms with E-state index in [1.54, 1.807) is 42.5 Å². The number of carbonyl (C=O) groups is 1. The number of imidazole rings is 1. The standard InChI is InChI=1S/C24H17N5O3/c30-22-14-19(27-24(32)29(22)16-8-2-1-3-9-16)23(31)26-18-11-5-4-10-17(18)20-15-28-13-7-6-12-21(28)25-20/h1-15H,(H,26,31)(H,27,32). The van der Waals surface area contributed by atoms with Crippen molar-refractivity contribution in [3.63, 3.8) is 0 Å². The average molecular weight is 423 g/mol. The molecule has 0 aliphatic heterocycles. The average Bonchev–Trinajstić information content (AvgIpc) is 3.24. The number of aromatic amines is 1. The van der Waals surface area contributed by atoms with Gasteiger partial charge in [-0.05, 0) is 30.3 Å². The number of hydrogen-bond acceptors (Lipinski definition) is 4. The van der Waals surface area contributed by atoms with Crippen LogP contribution in [-0.2, 0) is 0 Å². The largest absolute Gasteiger partial charge is 0.333 e. The van der Waals surface area contributed by atoms with Crippen molar-refractivity contribution in [3.05, 3.63) is 118 Å². The van der Waals surface area contributed by atoms with Crippen molar-refractivity contribution in [2.45, 2.75) is 0 Å². The van der Waals surface area contributed by atoms with Gasteiger partial charge in [-0.1, -0.05) is 42.5 Å². The molecular weight excluding hydrogens is 406 g/mol. The number of benzene rings is 2. The zero-order chi connectivity index (χ0) is 22.1. The van der Waals surface area contributed by atoms with Crippen LogP contribution in [-0.4, -0.2) is 24.8 Å². The summed E-state index contributed by atoms with van der Waals surface area (Å²) in [6.45, 7) is 0. The van der Waals surface area contributed by atoms with Crippen LogP contribution in [0.5, 0.6) is 0 Å². The van der Waals surface area contributed by atoms with Crippen molar-refractivity contribution in [3.8, 4) is 16.9 Å². The zero-order valence-corrected chi connectivity index (χ0v) is 16.7. The van der Waals surface area contributed by atoms with Crippen molar-refractivity contribution < 1.29 is 4.79 Å². The number of pyridine rings is 1. The van der Waals surface area contributed by atoms with E-state index in [1.807, 2.05) is 47.1 Å². The molecule has 0 fully saturated rings. The van der Waals surface area contributed by atoms with Gasteiger partial charge in [0, 0.05) is 24.0 Å². The molecule has 8 nitrogen and oxygen atoms in total. The molecule has 0 spiro atoms. The highest BCUT2D eigenvalue weighted by Gasteiger charge is 2.15. The molecule has 2 aromatic carbocycles. The molecule has 0 unspecified atom stereocenters. The van der Waals surface area contributed by atoms with E-state index < -0.39 is 17.2 Å². The maximum atomic E-state index is 12.9. The number of aromatic nitrogens is 4. The summed E-state index contributed by atoms with van der Waals surface area (Å²) in [6.07, 6.45) is 3.75. The number of rotatable bonds is 4. The van der Waals surface area contributed by atoms with Crippen LogP contribution in [0.1, 0.15) is 10.5 Å². The molecule has 0 atom stereocenters. The first kappa shape index (κ1) is 19.3. The fraction of sp³-hybridized carbons (Fsp3) is 0. The molecule has 0 saturated heterocycles. The molecule has 3 heterocycles. The highest BCUT2D eigenvalue weighted by atomic mass is 16.2. The number of fused-ring (bicyclic) bond motifs is 1. The van der Waals surface area contributed by atoms with Crippen LogP contribution in [0.2, 0.25) is 0 Å². The fourth-order valence-electron chi connectivity index (χ4n) is 3.51. The lowest BCUT2D eigenvalue weighted by molar-refractivity contribution is 0.102. The van der Waals surface area contributed by atoms with Gasteiger partial charge in [0.2, 0.25) is 0 Å². The molecule has 0 aliphatic carbocycles. The lowest BCUT2D eigenvalue weighted by atomic mass is 10.1. The second-order valence-electron chi connectivity index (χ2n) is 7.09. The van der Waals surface area contributed by atoms with Crippen LogP contribution in [0.3, 0.4) is 0 Å². The second kappa shape index (κ2) is 7.84. The maximum Gasteiger partial charge on any atom is 0.333 e. The molecule has 2 N–H and O–H groups in total. The van der Waals surface area contributed by atoms with Crippen LogP contribution in [0.4, 0.5) is 5.69 Å². The summed E-state index contributed by atoms with van der Waals surface area (Å²) in [5.41, 5.74) is 1.68. The van der Waals surface area contributed by atoms with E-state index in [4.69, 9.17) is 0 Å². The van der Waals surface area contributed by atoms with Gasteiger partial charge in [0.05, 0.1) is 17.1 Å². The van der Waals surface area contributed by atoms with Gasteiger partial charge < -0.3 is 14.7 Å². The van der Waals surface area contributed by atoms with E-state index in [2.05, 4.69) is 15.3 Å². The molecule has 5 aromatic rings. The number of nitrogens with one attached hydrogen (secondary N) is 2. The Morgan fingerprint density at radius 3 is 2.44 bits per heavy atom. The van der Waals surface area contributed by atoms with Gasteiger partial charge in [-0.3, -0.25) is 9.59 Å². The Bertz CT molecular complexity index is 1500. The normalized spacial score (nSPS) is 10.9. The number of anilines is 1. The molecule has 1 amide bonds. The van der Waals surface area contributed by atoms with Crippen LogP contribution in [0, 0.1) is 0 Å². The SMILES string of the molecule is O=C(Nc1ccccc1-c1cn2ccccc2n1)c1cc(=O)n(-c2ccccc2)c(=O)[nH]1. The van der Waals surface area contributed by atoms with Crippen molar-refractivity contribution in [2.24, 2.45) is 0 Å². The van der Waals surface area contributed by atoms with E-state index >= 15 is 0 Å². The third-order valence-electron chi connectivity index (χ3n) is 5.01. The zero-order valence-electron chi connectivity index (χ0n) is 16.7. The topological polar surface area (TPSA) is 101 Å². The Morgan fingerprint density at radius 2 is 1.66 bits per heavy atom. The summed E-state index contributed by atoms with van der Waals surface area (Å²) in [4.78, 5) is 45.0. The molecular formula is C24H17N5O3. The van der Waals surface area contributed by atoms with E-state index in [9.17, 15) is 14.4 Å². The minimum Gasteiger partial charge on any atom is -0.320 e. The first-order chi connectivity index (χ1) is 15.6. The van der Waals surface area contributed by atoms with Crippen molar-refractivity contribution >= 4 is 17.2 Å². The number of nitrogens with zero attached hydrogens (tertiary/aromatic N) is 3.